The van der Waals surface area contributed by atoms with Gasteiger partial charge in [-0.2, -0.15) is 0 Å². The summed E-state index contributed by atoms with van der Waals surface area (Å²) >= 11 is 0. The molecule has 12 rings (SSSR count). The lowest BCUT2D eigenvalue weighted by Crippen LogP contribution is -2.12. The van der Waals surface area contributed by atoms with Crippen molar-refractivity contribution in [2.75, 3.05) is 4.90 Å². The largest absolute Gasteiger partial charge is 0.460 e. The van der Waals surface area contributed by atoms with Gasteiger partial charge in [-0.15, -0.1) is 0 Å². The third kappa shape index (κ3) is 4.59. The van der Waals surface area contributed by atoms with E-state index in [0.29, 0.717) is 5.92 Å². The molecule has 10 aromatic rings. The summed E-state index contributed by atoms with van der Waals surface area (Å²) in [4.78, 5) is 2.35. The van der Waals surface area contributed by atoms with E-state index in [-0.39, 0.29) is 5.92 Å². The van der Waals surface area contributed by atoms with Gasteiger partial charge in [0.05, 0.1) is 16.7 Å². The van der Waals surface area contributed by atoms with Crippen molar-refractivity contribution in [2.24, 2.45) is 5.92 Å². The first-order chi connectivity index (χ1) is 27.8. The summed E-state index contributed by atoms with van der Waals surface area (Å²) in [5.41, 5.74) is 12.5. The molecule has 0 bridgehead atoms. The van der Waals surface area contributed by atoms with Crippen LogP contribution in [-0.4, -0.2) is 4.57 Å². The average molecular weight is 719 g/mol. The van der Waals surface area contributed by atoms with E-state index in [9.17, 15) is 0 Å². The second-order valence-corrected chi connectivity index (χ2v) is 14.8. The molecule has 7 aromatic carbocycles. The minimum atomic E-state index is 0.202. The van der Waals surface area contributed by atoms with Gasteiger partial charge >= 0.3 is 0 Å². The lowest BCUT2D eigenvalue weighted by Gasteiger charge is -2.27. The van der Waals surface area contributed by atoms with Gasteiger partial charge in [0.2, 0.25) is 0 Å². The van der Waals surface area contributed by atoms with Crippen LogP contribution in [0.5, 0.6) is 0 Å². The highest BCUT2D eigenvalue weighted by molar-refractivity contribution is 6.11. The molecule has 4 heteroatoms. The van der Waals surface area contributed by atoms with E-state index >= 15 is 0 Å². The second-order valence-electron chi connectivity index (χ2n) is 14.8. The Morgan fingerprint density at radius 2 is 1.20 bits per heavy atom. The molecule has 2 aliphatic carbocycles. The molecule has 0 saturated heterocycles. The highest BCUT2D eigenvalue weighted by Gasteiger charge is 2.30. The van der Waals surface area contributed by atoms with E-state index in [0.717, 1.165) is 72.5 Å². The van der Waals surface area contributed by atoms with Crippen molar-refractivity contribution in [3.05, 3.63) is 199 Å². The van der Waals surface area contributed by atoms with Crippen molar-refractivity contribution >= 4 is 77.9 Å². The van der Waals surface area contributed by atoms with Crippen LogP contribution in [0.2, 0.25) is 0 Å². The molecule has 56 heavy (non-hydrogen) atoms. The lowest BCUT2D eigenvalue weighted by atomic mass is 9.80. The molecular formula is C52H34N2O2. The van der Waals surface area contributed by atoms with E-state index in [1.54, 1.807) is 0 Å². The van der Waals surface area contributed by atoms with Gasteiger partial charge in [-0.3, -0.25) is 0 Å². The van der Waals surface area contributed by atoms with Crippen LogP contribution < -0.4 is 4.90 Å². The molecule has 0 radical (unpaired) electrons. The van der Waals surface area contributed by atoms with Crippen molar-refractivity contribution in [3.63, 3.8) is 0 Å². The van der Waals surface area contributed by atoms with Crippen LogP contribution in [-0.2, 0) is 0 Å². The standard InChI is InChI=1S/C52H34N2O2/c1-2-18-39-33(13-1)29-30-44-50-38(22-12-28-49(50)56-51(39)44)34-14-9-15-35(31-34)53(47-26-11-23-43-42-21-5-8-27-48(42)55-52(43)47)36-16-10-17-37(32-36)54-45-24-6-3-19-40(45)41-20-4-7-25-46(41)54/h1-33,39H. The maximum absolute atomic E-state index is 6.72. The van der Waals surface area contributed by atoms with E-state index < -0.39 is 0 Å². The average Bonchev–Trinajstić information content (AvgIpc) is 3.94. The third-order valence-electron chi connectivity index (χ3n) is 11.7. The van der Waals surface area contributed by atoms with Crippen molar-refractivity contribution in [1.82, 2.24) is 4.57 Å². The van der Waals surface area contributed by atoms with Gasteiger partial charge in [-0.25, -0.2) is 0 Å². The number of rotatable bonds is 5. The first kappa shape index (κ1) is 31.1. The van der Waals surface area contributed by atoms with Crippen molar-refractivity contribution in [1.29, 1.82) is 0 Å². The summed E-state index contributed by atoms with van der Waals surface area (Å²) in [6.07, 6.45) is 13.4. The van der Waals surface area contributed by atoms with Gasteiger partial charge in [0.15, 0.2) is 5.58 Å². The van der Waals surface area contributed by atoms with Crippen molar-refractivity contribution < 1.29 is 8.83 Å². The van der Waals surface area contributed by atoms with Gasteiger partial charge in [-0.05, 0) is 71.8 Å². The molecule has 0 N–H and O–H groups in total. The Morgan fingerprint density at radius 3 is 2.05 bits per heavy atom. The van der Waals surface area contributed by atoms with Gasteiger partial charge in [0.1, 0.15) is 16.9 Å². The van der Waals surface area contributed by atoms with Gasteiger partial charge in [0.25, 0.3) is 0 Å². The topological polar surface area (TPSA) is 34.5 Å². The van der Waals surface area contributed by atoms with Crippen LogP contribution in [0, 0.1) is 5.92 Å². The molecule has 3 aromatic heterocycles. The van der Waals surface area contributed by atoms with Crippen LogP contribution in [0.1, 0.15) is 17.2 Å². The van der Waals surface area contributed by atoms with Crippen molar-refractivity contribution in [2.45, 2.75) is 5.92 Å². The highest BCUT2D eigenvalue weighted by Crippen LogP contribution is 2.47. The molecular weight excluding hydrogens is 685 g/mol. The number of anilines is 3. The fourth-order valence-electron chi connectivity index (χ4n) is 9.24. The summed E-state index contributed by atoms with van der Waals surface area (Å²) in [6.45, 7) is 0. The predicted octanol–water partition coefficient (Wildman–Crippen LogP) is 14.4. The monoisotopic (exact) mass is 718 g/mol. The minimum absolute atomic E-state index is 0.202. The lowest BCUT2D eigenvalue weighted by molar-refractivity contribution is 0.492. The smallest absolute Gasteiger partial charge is 0.159 e. The Labute approximate surface area is 323 Å². The molecule has 4 nitrogen and oxygen atoms in total. The summed E-state index contributed by atoms with van der Waals surface area (Å²) in [6, 6.07) is 56.3. The number of aromatic nitrogens is 1. The molecule has 2 unspecified atom stereocenters. The molecule has 3 heterocycles. The number of furan rings is 2. The maximum atomic E-state index is 6.72. The van der Waals surface area contributed by atoms with Crippen LogP contribution in [0.4, 0.5) is 17.1 Å². The summed E-state index contributed by atoms with van der Waals surface area (Å²) < 4.78 is 15.8. The fourth-order valence-corrected chi connectivity index (χ4v) is 9.24. The van der Waals surface area contributed by atoms with Gasteiger partial charge < -0.3 is 18.3 Å². The minimum Gasteiger partial charge on any atom is -0.460 e. The number of benzene rings is 7. The Kier molecular flexibility index (Phi) is 6.72. The van der Waals surface area contributed by atoms with E-state index in [4.69, 9.17) is 8.83 Å². The van der Waals surface area contributed by atoms with Crippen molar-refractivity contribution in [3.8, 4) is 16.8 Å². The summed E-state index contributed by atoms with van der Waals surface area (Å²) in [7, 11) is 0. The first-order valence-corrected chi connectivity index (χ1v) is 19.3. The number of para-hydroxylation sites is 4. The van der Waals surface area contributed by atoms with Crippen LogP contribution in [0.3, 0.4) is 0 Å². The quantitative estimate of drug-likeness (QED) is 0.178. The zero-order chi connectivity index (χ0) is 36.7. The number of hydrogen-bond acceptors (Lipinski definition) is 3. The van der Waals surface area contributed by atoms with Gasteiger partial charge in [-0.1, -0.05) is 134 Å². The van der Waals surface area contributed by atoms with E-state index in [1.165, 1.54) is 27.4 Å². The second kappa shape index (κ2) is 12.1. The molecule has 0 saturated carbocycles. The van der Waals surface area contributed by atoms with E-state index in [1.807, 2.05) is 6.07 Å². The number of nitrogens with zero attached hydrogens (tertiary/aromatic N) is 2. The Bertz CT molecular complexity index is 3240. The van der Waals surface area contributed by atoms with Gasteiger partial charge in [0, 0.05) is 61.4 Å². The first-order valence-electron chi connectivity index (χ1n) is 19.3. The third-order valence-corrected chi connectivity index (χ3v) is 11.7. The van der Waals surface area contributed by atoms with Crippen LogP contribution in [0.25, 0.3) is 77.6 Å². The Hall–Kier alpha value is -7.30. The maximum Gasteiger partial charge on any atom is 0.159 e. The van der Waals surface area contributed by atoms with Crippen LogP contribution >= 0.6 is 0 Å². The summed E-state index contributed by atoms with van der Waals surface area (Å²) in [5.74, 6) is 1.55. The highest BCUT2D eigenvalue weighted by atomic mass is 16.3. The Balaban J connectivity index is 1.08. The number of hydrogen-bond donors (Lipinski definition) is 0. The van der Waals surface area contributed by atoms with Crippen LogP contribution in [0.15, 0.2) is 197 Å². The molecule has 264 valence electrons. The number of allylic oxidation sites excluding steroid dienone is 5. The normalized spacial score (nSPS) is 16.0. The molecule has 0 spiro atoms. The SMILES string of the molecule is C1=CC2C=Cc3c(oc4cccc(-c5cccc(N(c6cccc(-n7c8ccccc8c8ccccc87)c6)c6cccc7c6oc6ccccc67)c5)c34)C2C=C1. The molecule has 0 fully saturated rings. The molecule has 0 aliphatic heterocycles. The predicted molar refractivity (Wildman–Crippen MR) is 231 cm³/mol. The molecule has 2 atom stereocenters. The zero-order valence-corrected chi connectivity index (χ0v) is 30.3. The zero-order valence-electron chi connectivity index (χ0n) is 30.3. The van der Waals surface area contributed by atoms with E-state index in [2.05, 4.69) is 198 Å². The molecule has 2 aliphatic rings. The Morgan fingerprint density at radius 1 is 0.518 bits per heavy atom. The molecule has 0 amide bonds. The fraction of sp³-hybridized carbons (Fsp3) is 0.0385. The summed E-state index contributed by atoms with van der Waals surface area (Å²) in [5, 5.41) is 5.82. The number of fused-ring (bicyclic) bond motifs is 11.